The third-order valence-electron chi connectivity index (χ3n) is 6.07. The number of hydrogen-bond donors (Lipinski definition) is 0. The Hall–Kier alpha value is -2.63. The summed E-state index contributed by atoms with van der Waals surface area (Å²) < 4.78 is 3.18. The third kappa shape index (κ3) is 3.77. The van der Waals surface area contributed by atoms with Crippen molar-refractivity contribution in [2.24, 2.45) is 0 Å². The van der Waals surface area contributed by atoms with E-state index >= 15 is 0 Å². The standard InChI is InChI=1S/C25H23ClN2O2S/c26-20-12-6-4-10-18(20)16-28-24-22(19-11-5-7-13-21(19)31-24)23(29)27(25(28)30)15-14-17-8-2-1-3-9-17/h1-4,6,8-10,12H,5,7,11,13-16H2. The van der Waals surface area contributed by atoms with E-state index in [1.807, 2.05) is 54.6 Å². The minimum absolute atomic E-state index is 0.147. The lowest BCUT2D eigenvalue weighted by atomic mass is 9.97. The fourth-order valence-corrected chi connectivity index (χ4v) is 6.00. The van der Waals surface area contributed by atoms with Crippen LogP contribution in [-0.2, 0) is 32.4 Å². The first kappa shape index (κ1) is 20.3. The van der Waals surface area contributed by atoms with Crippen molar-refractivity contribution in [2.45, 2.75) is 45.2 Å². The zero-order valence-corrected chi connectivity index (χ0v) is 18.7. The van der Waals surface area contributed by atoms with E-state index in [4.69, 9.17) is 11.6 Å². The number of fused-ring (bicyclic) bond motifs is 3. The summed E-state index contributed by atoms with van der Waals surface area (Å²) in [6.45, 7) is 0.727. The van der Waals surface area contributed by atoms with Crippen LogP contribution in [0.25, 0.3) is 10.2 Å². The van der Waals surface area contributed by atoms with Gasteiger partial charge in [-0.2, -0.15) is 0 Å². The molecule has 1 aliphatic rings. The first-order chi connectivity index (χ1) is 15.1. The van der Waals surface area contributed by atoms with E-state index in [0.29, 0.717) is 24.5 Å². The molecule has 0 amide bonds. The molecule has 0 unspecified atom stereocenters. The van der Waals surface area contributed by atoms with Gasteiger partial charge in [-0.15, -0.1) is 11.3 Å². The smallest absolute Gasteiger partial charge is 0.280 e. The SMILES string of the molecule is O=c1c2c3c(sc2n(Cc2ccccc2Cl)c(=O)n1CCc1ccccc1)CCCC3. The zero-order chi connectivity index (χ0) is 21.4. The molecule has 0 aliphatic heterocycles. The van der Waals surface area contributed by atoms with E-state index in [2.05, 4.69) is 0 Å². The molecule has 31 heavy (non-hydrogen) atoms. The van der Waals surface area contributed by atoms with Gasteiger partial charge in [-0.25, -0.2) is 4.79 Å². The number of aromatic nitrogens is 2. The third-order valence-corrected chi connectivity index (χ3v) is 7.76. The molecule has 0 atom stereocenters. The van der Waals surface area contributed by atoms with Crippen LogP contribution in [0.15, 0.2) is 64.2 Å². The fraction of sp³-hybridized carbons (Fsp3) is 0.280. The minimum atomic E-state index is -0.257. The molecule has 158 valence electrons. The van der Waals surface area contributed by atoms with Gasteiger partial charge < -0.3 is 0 Å². The van der Waals surface area contributed by atoms with E-state index in [-0.39, 0.29) is 11.2 Å². The predicted octanol–water partition coefficient (Wildman–Crippen LogP) is 5.05. The van der Waals surface area contributed by atoms with Crippen LogP contribution in [0.3, 0.4) is 0 Å². The van der Waals surface area contributed by atoms with Gasteiger partial charge in [0.15, 0.2) is 0 Å². The van der Waals surface area contributed by atoms with Gasteiger partial charge in [0.2, 0.25) is 0 Å². The molecule has 0 spiro atoms. The molecule has 0 saturated carbocycles. The van der Waals surface area contributed by atoms with Gasteiger partial charge in [0.25, 0.3) is 5.56 Å². The van der Waals surface area contributed by atoms with Gasteiger partial charge in [-0.1, -0.05) is 60.1 Å². The molecular weight excluding hydrogens is 428 g/mol. The predicted molar refractivity (Wildman–Crippen MR) is 128 cm³/mol. The average Bonchev–Trinajstić information content (AvgIpc) is 3.18. The van der Waals surface area contributed by atoms with Crippen LogP contribution in [0.5, 0.6) is 0 Å². The Balaban J connectivity index is 1.68. The minimum Gasteiger partial charge on any atom is -0.280 e. The molecule has 2 heterocycles. The molecule has 0 bridgehead atoms. The van der Waals surface area contributed by atoms with Crippen molar-refractivity contribution in [1.82, 2.24) is 9.13 Å². The Morgan fingerprint density at radius 1 is 0.903 bits per heavy atom. The second-order valence-electron chi connectivity index (χ2n) is 8.04. The lowest BCUT2D eigenvalue weighted by molar-refractivity contribution is 0.591. The van der Waals surface area contributed by atoms with Gasteiger partial charge in [0.05, 0.1) is 11.9 Å². The number of nitrogens with zero attached hydrogens (tertiary/aromatic N) is 2. The van der Waals surface area contributed by atoms with Gasteiger partial charge >= 0.3 is 5.69 Å². The molecule has 0 radical (unpaired) electrons. The summed E-state index contributed by atoms with van der Waals surface area (Å²) in [5, 5.41) is 1.37. The highest BCUT2D eigenvalue weighted by molar-refractivity contribution is 7.18. The molecule has 6 heteroatoms. The number of aryl methyl sites for hydroxylation is 3. The van der Waals surface area contributed by atoms with Crippen LogP contribution in [0, 0.1) is 0 Å². The van der Waals surface area contributed by atoms with Crippen LogP contribution in [0.4, 0.5) is 0 Å². The molecule has 0 saturated heterocycles. The molecule has 2 aromatic carbocycles. The summed E-state index contributed by atoms with van der Waals surface area (Å²) in [5.74, 6) is 0. The lowest BCUT2D eigenvalue weighted by Gasteiger charge is -2.14. The van der Waals surface area contributed by atoms with E-state index in [0.717, 1.165) is 52.6 Å². The number of rotatable bonds is 5. The second-order valence-corrected chi connectivity index (χ2v) is 9.53. The highest BCUT2D eigenvalue weighted by Crippen LogP contribution is 2.34. The Kier molecular flexibility index (Phi) is 5.55. The summed E-state index contributed by atoms with van der Waals surface area (Å²) in [4.78, 5) is 29.1. The number of benzene rings is 2. The molecule has 2 aromatic heterocycles. The Morgan fingerprint density at radius 3 is 2.45 bits per heavy atom. The topological polar surface area (TPSA) is 44.0 Å². The molecule has 0 N–H and O–H groups in total. The number of halogens is 1. The maximum atomic E-state index is 13.5. The highest BCUT2D eigenvalue weighted by Gasteiger charge is 2.23. The summed E-state index contributed by atoms with van der Waals surface area (Å²) in [7, 11) is 0. The first-order valence-corrected chi connectivity index (χ1v) is 11.9. The van der Waals surface area contributed by atoms with Crippen molar-refractivity contribution < 1.29 is 0 Å². The van der Waals surface area contributed by atoms with Crippen molar-refractivity contribution in [3.63, 3.8) is 0 Å². The van der Waals surface area contributed by atoms with Crippen LogP contribution in [0.2, 0.25) is 5.02 Å². The summed E-state index contributed by atoms with van der Waals surface area (Å²) in [5.41, 5.74) is 2.74. The van der Waals surface area contributed by atoms with Crippen molar-refractivity contribution in [2.75, 3.05) is 0 Å². The maximum absolute atomic E-state index is 13.5. The quantitative estimate of drug-likeness (QED) is 0.427. The van der Waals surface area contributed by atoms with E-state index in [1.54, 1.807) is 15.9 Å². The van der Waals surface area contributed by atoms with Crippen LogP contribution >= 0.6 is 22.9 Å². The zero-order valence-electron chi connectivity index (χ0n) is 17.1. The van der Waals surface area contributed by atoms with Crippen molar-refractivity contribution in [3.05, 3.63) is 102 Å². The molecule has 5 rings (SSSR count). The van der Waals surface area contributed by atoms with Crippen molar-refractivity contribution >= 4 is 33.2 Å². The molecule has 0 fully saturated rings. The summed E-state index contributed by atoms with van der Waals surface area (Å²) in [6.07, 6.45) is 4.76. The van der Waals surface area contributed by atoms with E-state index in [1.165, 1.54) is 9.44 Å². The number of thiophene rings is 1. The Morgan fingerprint density at radius 2 is 1.65 bits per heavy atom. The fourth-order valence-electron chi connectivity index (χ4n) is 4.44. The van der Waals surface area contributed by atoms with Gasteiger partial charge in [0.1, 0.15) is 4.83 Å². The van der Waals surface area contributed by atoms with Crippen molar-refractivity contribution in [3.8, 4) is 0 Å². The monoisotopic (exact) mass is 450 g/mol. The Labute approximate surface area is 189 Å². The summed E-state index contributed by atoms with van der Waals surface area (Å²) in [6, 6.07) is 17.6. The van der Waals surface area contributed by atoms with E-state index in [9.17, 15) is 9.59 Å². The molecule has 4 nitrogen and oxygen atoms in total. The average molecular weight is 451 g/mol. The van der Waals surface area contributed by atoms with Gasteiger partial charge in [-0.3, -0.25) is 13.9 Å². The molecule has 4 aromatic rings. The van der Waals surface area contributed by atoms with Crippen LogP contribution in [-0.4, -0.2) is 9.13 Å². The number of hydrogen-bond acceptors (Lipinski definition) is 3. The highest BCUT2D eigenvalue weighted by atomic mass is 35.5. The van der Waals surface area contributed by atoms with E-state index < -0.39 is 0 Å². The normalized spacial score (nSPS) is 13.5. The van der Waals surface area contributed by atoms with Gasteiger partial charge in [0, 0.05) is 16.4 Å². The van der Waals surface area contributed by atoms with Crippen molar-refractivity contribution in [1.29, 1.82) is 0 Å². The maximum Gasteiger partial charge on any atom is 0.332 e. The lowest BCUT2D eigenvalue weighted by Crippen LogP contribution is -2.40. The molecule has 1 aliphatic carbocycles. The first-order valence-electron chi connectivity index (χ1n) is 10.7. The second kappa shape index (κ2) is 8.48. The molecular formula is C25H23ClN2O2S. The Bertz CT molecular complexity index is 1370. The largest absolute Gasteiger partial charge is 0.332 e. The summed E-state index contributed by atoms with van der Waals surface area (Å²) >= 11 is 8.02. The van der Waals surface area contributed by atoms with Gasteiger partial charge in [-0.05, 0) is 54.9 Å². The van der Waals surface area contributed by atoms with Crippen LogP contribution in [0.1, 0.15) is 34.4 Å². The van der Waals surface area contributed by atoms with Crippen LogP contribution < -0.4 is 11.2 Å².